The van der Waals surface area contributed by atoms with E-state index in [0.717, 1.165) is 42.8 Å². The highest BCUT2D eigenvalue weighted by Gasteiger charge is 2.34. The quantitative estimate of drug-likeness (QED) is 0.692. The topological polar surface area (TPSA) is 89.9 Å². The van der Waals surface area contributed by atoms with E-state index in [-0.39, 0.29) is 11.8 Å². The van der Waals surface area contributed by atoms with Crippen LogP contribution >= 0.6 is 0 Å². The first kappa shape index (κ1) is 16.2. The Bertz CT molecular complexity index is 964. The fraction of sp³-hybridized carbons (Fsp3) is 0.421. The Kier molecular flexibility index (Phi) is 3.95. The van der Waals surface area contributed by atoms with E-state index in [1.165, 1.54) is 0 Å². The molecule has 5 rings (SSSR count). The lowest BCUT2D eigenvalue weighted by Gasteiger charge is -2.28. The van der Waals surface area contributed by atoms with E-state index in [1.54, 1.807) is 4.68 Å². The number of rotatable bonds is 2. The molecule has 8 heteroatoms. The molecule has 1 atom stereocenters. The zero-order valence-electron chi connectivity index (χ0n) is 14.9. The first-order valence-electron chi connectivity index (χ1n) is 9.38. The molecule has 0 bridgehead atoms. The summed E-state index contributed by atoms with van der Waals surface area (Å²) in [7, 11) is 0. The normalized spacial score (nSPS) is 19.3. The third kappa shape index (κ3) is 2.90. The summed E-state index contributed by atoms with van der Waals surface area (Å²) in [6, 6.07) is 9.85. The van der Waals surface area contributed by atoms with Crippen molar-refractivity contribution in [2.24, 2.45) is 0 Å². The number of fused-ring (bicyclic) bond motifs is 2. The van der Waals surface area contributed by atoms with Gasteiger partial charge in [0.1, 0.15) is 11.5 Å². The van der Waals surface area contributed by atoms with Crippen molar-refractivity contribution in [3.8, 4) is 11.5 Å². The van der Waals surface area contributed by atoms with Gasteiger partial charge in [-0.3, -0.25) is 4.79 Å². The fourth-order valence-electron chi connectivity index (χ4n) is 3.90. The van der Waals surface area contributed by atoms with Gasteiger partial charge in [-0.05, 0) is 35.4 Å². The highest BCUT2D eigenvalue weighted by molar-refractivity contribution is 5.83. The molecule has 2 aliphatic rings. The molecule has 0 spiro atoms. The number of oxazole rings is 1. The zero-order valence-corrected chi connectivity index (χ0v) is 14.9. The van der Waals surface area contributed by atoms with Gasteiger partial charge < -0.3 is 9.32 Å². The van der Waals surface area contributed by atoms with Gasteiger partial charge in [-0.2, -0.15) is 0 Å². The number of benzene rings is 1. The standard InChI is InChI=1S/C19H20N6O2/c26-19(14-8-4-5-10-25-17(14)21-22-23-25)24-11-9-16-15(12-24)20-18(27-16)13-6-2-1-3-7-13/h1-3,6-7,14H,4-5,8-12H2. The zero-order chi connectivity index (χ0) is 18.2. The summed E-state index contributed by atoms with van der Waals surface area (Å²) in [4.78, 5) is 19.7. The molecular formula is C19H20N6O2. The van der Waals surface area contributed by atoms with Crippen LogP contribution in [0.15, 0.2) is 34.7 Å². The van der Waals surface area contributed by atoms with Crippen molar-refractivity contribution >= 4 is 5.91 Å². The van der Waals surface area contributed by atoms with Crippen LogP contribution in [0.5, 0.6) is 0 Å². The second kappa shape index (κ2) is 6.61. The molecule has 138 valence electrons. The average Bonchev–Trinajstić information content (AvgIpc) is 3.30. The van der Waals surface area contributed by atoms with Crippen molar-refractivity contribution in [2.75, 3.05) is 6.54 Å². The smallest absolute Gasteiger partial charge is 0.233 e. The van der Waals surface area contributed by atoms with E-state index in [2.05, 4.69) is 20.5 Å². The minimum Gasteiger partial charge on any atom is -0.441 e. The molecule has 3 aromatic rings. The lowest BCUT2D eigenvalue weighted by atomic mass is 9.99. The molecule has 2 aromatic heterocycles. The van der Waals surface area contributed by atoms with Crippen molar-refractivity contribution in [1.82, 2.24) is 30.1 Å². The van der Waals surface area contributed by atoms with Crippen molar-refractivity contribution in [3.63, 3.8) is 0 Å². The number of hydrogen-bond donors (Lipinski definition) is 0. The molecule has 0 saturated carbocycles. The summed E-state index contributed by atoms with van der Waals surface area (Å²) in [5, 5.41) is 11.9. The van der Waals surface area contributed by atoms with Crippen molar-refractivity contribution in [3.05, 3.63) is 47.6 Å². The van der Waals surface area contributed by atoms with Crippen molar-refractivity contribution in [2.45, 2.75) is 44.7 Å². The van der Waals surface area contributed by atoms with Crippen LogP contribution in [0, 0.1) is 0 Å². The number of aromatic nitrogens is 5. The molecule has 0 saturated heterocycles. The second-order valence-electron chi connectivity index (χ2n) is 7.07. The van der Waals surface area contributed by atoms with Gasteiger partial charge in [0.05, 0.1) is 12.5 Å². The predicted octanol–water partition coefficient (Wildman–Crippen LogP) is 2.18. The van der Waals surface area contributed by atoms with Gasteiger partial charge in [-0.15, -0.1) is 5.10 Å². The van der Waals surface area contributed by atoms with E-state index in [9.17, 15) is 4.79 Å². The van der Waals surface area contributed by atoms with Crippen molar-refractivity contribution < 1.29 is 9.21 Å². The van der Waals surface area contributed by atoms with Gasteiger partial charge in [0.2, 0.25) is 11.8 Å². The Morgan fingerprint density at radius 3 is 2.93 bits per heavy atom. The number of aryl methyl sites for hydroxylation is 1. The number of nitrogens with zero attached hydrogens (tertiary/aromatic N) is 6. The van der Waals surface area contributed by atoms with Gasteiger partial charge in [-0.1, -0.05) is 24.6 Å². The summed E-state index contributed by atoms with van der Waals surface area (Å²) >= 11 is 0. The van der Waals surface area contributed by atoms with Crippen LogP contribution < -0.4 is 0 Å². The third-order valence-corrected chi connectivity index (χ3v) is 5.34. The Morgan fingerprint density at radius 2 is 2.04 bits per heavy atom. The Hall–Kier alpha value is -3.03. The number of tetrazole rings is 1. The molecule has 0 fully saturated rings. The summed E-state index contributed by atoms with van der Waals surface area (Å²) < 4.78 is 7.72. The first-order valence-corrected chi connectivity index (χ1v) is 9.38. The van der Waals surface area contributed by atoms with E-state index >= 15 is 0 Å². The highest BCUT2D eigenvalue weighted by Crippen LogP contribution is 2.30. The molecule has 0 radical (unpaired) electrons. The molecule has 1 amide bonds. The van der Waals surface area contributed by atoms with Gasteiger partial charge in [0, 0.05) is 25.1 Å². The lowest BCUT2D eigenvalue weighted by molar-refractivity contribution is -0.134. The Balaban J connectivity index is 1.38. The SMILES string of the molecule is O=C(C1CCCCn2nnnc21)N1CCc2oc(-c3ccccc3)nc2C1. The summed E-state index contributed by atoms with van der Waals surface area (Å²) in [5.74, 6) is 2.00. The number of carbonyl (C=O) groups is 1. The molecule has 8 nitrogen and oxygen atoms in total. The third-order valence-electron chi connectivity index (χ3n) is 5.34. The van der Waals surface area contributed by atoms with Crippen LogP contribution in [0.1, 0.15) is 42.5 Å². The van der Waals surface area contributed by atoms with Crippen LogP contribution in [0.4, 0.5) is 0 Å². The van der Waals surface area contributed by atoms with Crippen LogP contribution in [-0.4, -0.2) is 42.5 Å². The molecule has 1 aromatic carbocycles. The molecule has 2 aliphatic heterocycles. The highest BCUT2D eigenvalue weighted by atomic mass is 16.4. The monoisotopic (exact) mass is 364 g/mol. The molecule has 0 aliphatic carbocycles. The van der Waals surface area contributed by atoms with E-state index in [4.69, 9.17) is 4.42 Å². The molecular weight excluding hydrogens is 344 g/mol. The first-order chi connectivity index (χ1) is 13.3. The van der Waals surface area contributed by atoms with Gasteiger partial charge in [-0.25, -0.2) is 9.67 Å². The van der Waals surface area contributed by atoms with E-state index in [1.807, 2.05) is 35.2 Å². The Labute approximate surface area is 156 Å². The van der Waals surface area contributed by atoms with Crippen LogP contribution in [-0.2, 0) is 24.3 Å². The van der Waals surface area contributed by atoms with Crippen LogP contribution in [0.25, 0.3) is 11.5 Å². The molecule has 4 heterocycles. The van der Waals surface area contributed by atoms with Crippen molar-refractivity contribution in [1.29, 1.82) is 0 Å². The summed E-state index contributed by atoms with van der Waals surface area (Å²) in [6.45, 7) is 1.88. The summed E-state index contributed by atoms with van der Waals surface area (Å²) in [6.07, 6.45) is 3.45. The summed E-state index contributed by atoms with van der Waals surface area (Å²) in [5.41, 5.74) is 1.80. The predicted molar refractivity (Wildman–Crippen MR) is 95.5 cm³/mol. The molecule has 1 unspecified atom stereocenters. The van der Waals surface area contributed by atoms with E-state index in [0.29, 0.717) is 31.2 Å². The van der Waals surface area contributed by atoms with Crippen LogP contribution in [0.3, 0.4) is 0 Å². The van der Waals surface area contributed by atoms with Gasteiger partial charge >= 0.3 is 0 Å². The maximum Gasteiger partial charge on any atom is 0.233 e. The minimum absolute atomic E-state index is 0.0860. The molecule has 0 N–H and O–H groups in total. The fourth-order valence-corrected chi connectivity index (χ4v) is 3.90. The van der Waals surface area contributed by atoms with Crippen LogP contribution in [0.2, 0.25) is 0 Å². The Morgan fingerprint density at radius 1 is 1.15 bits per heavy atom. The number of hydrogen-bond acceptors (Lipinski definition) is 6. The second-order valence-corrected chi connectivity index (χ2v) is 7.07. The largest absolute Gasteiger partial charge is 0.441 e. The van der Waals surface area contributed by atoms with Gasteiger partial charge in [0.25, 0.3) is 0 Å². The number of amides is 1. The molecule has 27 heavy (non-hydrogen) atoms. The average molecular weight is 364 g/mol. The maximum atomic E-state index is 13.2. The maximum absolute atomic E-state index is 13.2. The minimum atomic E-state index is -0.274. The lowest BCUT2D eigenvalue weighted by Crippen LogP contribution is -2.39. The van der Waals surface area contributed by atoms with Gasteiger partial charge in [0.15, 0.2) is 5.82 Å². The van der Waals surface area contributed by atoms with E-state index < -0.39 is 0 Å². The number of carbonyl (C=O) groups excluding carboxylic acids is 1.